The Morgan fingerprint density at radius 3 is 2.61 bits per heavy atom. The Kier molecular flexibility index (Phi) is 5.51. The molecular weight excluding hydrogens is 318 g/mol. The van der Waals surface area contributed by atoms with Gasteiger partial charge < -0.3 is 10.1 Å². The minimum Gasteiger partial charge on any atom is -0.352 e. The normalized spacial score (nSPS) is 17.5. The third-order valence-electron chi connectivity index (χ3n) is 3.28. The van der Waals surface area contributed by atoms with Gasteiger partial charge in [0.1, 0.15) is 0 Å². The van der Waals surface area contributed by atoms with Crippen LogP contribution in [0.5, 0.6) is 0 Å². The fourth-order valence-electron chi connectivity index (χ4n) is 2.17. The van der Waals surface area contributed by atoms with Crippen LogP contribution in [0.2, 0.25) is 0 Å². The molecule has 0 amide bonds. The second kappa shape index (κ2) is 7.38. The average Bonchev–Trinajstić information content (AvgIpc) is 2.54. The van der Waals surface area contributed by atoms with Crippen LogP contribution in [0, 0.1) is 10.1 Å². The monoisotopic (exact) mass is 335 g/mol. The summed E-state index contributed by atoms with van der Waals surface area (Å²) in [5, 5.41) is 14.5. The van der Waals surface area contributed by atoms with E-state index in [1.165, 1.54) is 36.0 Å². The lowest BCUT2D eigenvalue weighted by Crippen LogP contribution is -2.34. The maximum atomic E-state index is 12.7. The van der Waals surface area contributed by atoms with Gasteiger partial charge in [-0.25, -0.2) is 4.99 Å². The van der Waals surface area contributed by atoms with Crippen molar-refractivity contribution in [1.29, 1.82) is 0 Å². The Hall–Kier alpha value is -2.19. The maximum absolute atomic E-state index is 12.7. The quantitative estimate of drug-likeness (QED) is 0.505. The SMILES string of the molecule is CCOC1N=C(SC)NC(C)=C1C(=O)c1ccc([N+](=O)[O-])cc1. The molecule has 1 heterocycles. The molecule has 0 aliphatic carbocycles. The van der Waals surface area contributed by atoms with E-state index < -0.39 is 11.2 Å². The third kappa shape index (κ3) is 3.77. The molecule has 1 aliphatic heterocycles. The number of carbonyl (C=O) groups is 1. The van der Waals surface area contributed by atoms with E-state index in [2.05, 4.69) is 10.3 Å². The zero-order chi connectivity index (χ0) is 17.0. The number of nitrogens with zero attached hydrogens (tertiary/aromatic N) is 2. The number of nitro groups is 1. The highest BCUT2D eigenvalue weighted by atomic mass is 32.2. The summed E-state index contributed by atoms with van der Waals surface area (Å²) in [6.45, 7) is 4.04. The largest absolute Gasteiger partial charge is 0.352 e. The molecule has 0 spiro atoms. The van der Waals surface area contributed by atoms with Gasteiger partial charge in [-0.05, 0) is 32.2 Å². The van der Waals surface area contributed by atoms with Crippen LogP contribution in [-0.2, 0) is 4.74 Å². The van der Waals surface area contributed by atoms with E-state index in [-0.39, 0.29) is 11.5 Å². The van der Waals surface area contributed by atoms with E-state index in [0.717, 1.165) is 0 Å². The lowest BCUT2D eigenvalue weighted by atomic mass is 9.99. The van der Waals surface area contributed by atoms with Gasteiger partial charge in [0.05, 0.1) is 10.5 Å². The number of hydrogen-bond donors (Lipinski definition) is 1. The van der Waals surface area contributed by atoms with Gasteiger partial charge in [0.2, 0.25) is 0 Å². The molecule has 1 aromatic carbocycles. The Morgan fingerprint density at radius 2 is 2.09 bits per heavy atom. The Morgan fingerprint density at radius 1 is 1.43 bits per heavy atom. The lowest BCUT2D eigenvalue weighted by Gasteiger charge is -2.25. The second-order valence-corrected chi connectivity index (χ2v) is 5.54. The fraction of sp³-hybridized carbons (Fsp3) is 0.333. The van der Waals surface area contributed by atoms with Crippen LogP contribution in [0.4, 0.5) is 5.69 Å². The Balaban J connectivity index is 2.33. The summed E-state index contributed by atoms with van der Waals surface area (Å²) in [7, 11) is 0. The number of non-ortho nitro benzene ring substituents is 1. The van der Waals surface area contributed by atoms with Crippen LogP contribution in [0.3, 0.4) is 0 Å². The summed E-state index contributed by atoms with van der Waals surface area (Å²) in [6, 6.07) is 5.51. The topological polar surface area (TPSA) is 93.8 Å². The zero-order valence-corrected chi connectivity index (χ0v) is 13.8. The summed E-state index contributed by atoms with van der Waals surface area (Å²) < 4.78 is 5.57. The highest BCUT2D eigenvalue weighted by Gasteiger charge is 2.29. The highest BCUT2D eigenvalue weighted by molar-refractivity contribution is 8.13. The predicted molar refractivity (Wildman–Crippen MR) is 89.6 cm³/mol. The predicted octanol–water partition coefficient (Wildman–Crippen LogP) is 2.74. The molecule has 8 heteroatoms. The number of ether oxygens (including phenoxy) is 1. The number of amidine groups is 1. The lowest BCUT2D eigenvalue weighted by molar-refractivity contribution is -0.384. The first kappa shape index (κ1) is 17.2. The molecule has 0 saturated heterocycles. The molecule has 1 atom stereocenters. The summed E-state index contributed by atoms with van der Waals surface area (Å²) in [4.78, 5) is 27.3. The summed E-state index contributed by atoms with van der Waals surface area (Å²) in [5.74, 6) is -0.257. The van der Waals surface area contributed by atoms with Crippen LogP contribution in [0.25, 0.3) is 0 Å². The standard InChI is InChI=1S/C15H17N3O4S/c1-4-22-14-12(9(2)16-15(17-14)23-3)13(19)10-5-7-11(8-6-10)18(20)21/h5-8,14H,4H2,1-3H3,(H,16,17). The summed E-state index contributed by atoms with van der Waals surface area (Å²) in [5.41, 5.74) is 1.39. The molecule has 0 radical (unpaired) electrons. The molecular formula is C15H17N3O4S. The Bertz CT molecular complexity index is 682. The van der Waals surface area contributed by atoms with Crippen molar-refractivity contribution in [3.05, 3.63) is 51.2 Å². The molecule has 2 rings (SSSR count). The van der Waals surface area contributed by atoms with Gasteiger partial charge in [-0.2, -0.15) is 0 Å². The molecule has 0 bridgehead atoms. The number of nitro benzene ring substituents is 1. The maximum Gasteiger partial charge on any atom is 0.269 e. The number of Topliss-reactive ketones (excluding diaryl/α,β-unsaturated/α-hetero) is 1. The van der Waals surface area contributed by atoms with Crippen molar-refractivity contribution in [1.82, 2.24) is 5.32 Å². The Labute approximate surface area is 138 Å². The first-order valence-corrected chi connectivity index (χ1v) is 8.20. The van der Waals surface area contributed by atoms with Crippen LogP contribution < -0.4 is 5.32 Å². The van der Waals surface area contributed by atoms with Crippen molar-refractivity contribution < 1.29 is 14.5 Å². The van der Waals surface area contributed by atoms with E-state index in [1.807, 2.05) is 13.2 Å². The molecule has 1 aromatic rings. The molecule has 1 aliphatic rings. The molecule has 7 nitrogen and oxygen atoms in total. The van der Waals surface area contributed by atoms with Crippen molar-refractivity contribution in [3.8, 4) is 0 Å². The molecule has 122 valence electrons. The second-order valence-electron chi connectivity index (χ2n) is 4.74. The number of allylic oxidation sites excluding steroid dienone is 1. The van der Waals surface area contributed by atoms with Crippen LogP contribution in [-0.4, -0.2) is 35.0 Å². The first-order chi connectivity index (χ1) is 11.0. The van der Waals surface area contributed by atoms with E-state index in [9.17, 15) is 14.9 Å². The van der Waals surface area contributed by atoms with E-state index in [0.29, 0.717) is 28.6 Å². The van der Waals surface area contributed by atoms with Crippen molar-refractivity contribution in [2.45, 2.75) is 20.1 Å². The molecule has 1 unspecified atom stereocenters. The number of thioether (sulfide) groups is 1. The minimum atomic E-state index is -0.675. The van der Waals surface area contributed by atoms with Crippen molar-refractivity contribution in [2.75, 3.05) is 12.9 Å². The number of rotatable bonds is 5. The minimum absolute atomic E-state index is 0.0573. The van der Waals surface area contributed by atoms with E-state index >= 15 is 0 Å². The number of nitrogens with one attached hydrogen (secondary N) is 1. The van der Waals surface area contributed by atoms with Crippen LogP contribution >= 0.6 is 11.8 Å². The molecule has 0 fully saturated rings. The smallest absolute Gasteiger partial charge is 0.269 e. The van der Waals surface area contributed by atoms with E-state index in [1.54, 1.807) is 6.92 Å². The van der Waals surface area contributed by atoms with E-state index in [4.69, 9.17) is 4.74 Å². The number of benzene rings is 1. The van der Waals surface area contributed by atoms with Crippen molar-refractivity contribution in [2.24, 2.45) is 4.99 Å². The number of hydrogen-bond acceptors (Lipinski definition) is 7. The molecule has 1 N–H and O–H groups in total. The summed E-state index contributed by atoms with van der Waals surface area (Å²) >= 11 is 1.43. The van der Waals surface area contributed by atoms with Gasteiger partial charge >= 0.3 is 0 Å². The fourth-order valence-corrected chi connectivity index (χ4v) is 2.63. The third-order valence-corrected chi connectivity index (χ3v) is 3.88. The van der Waals surface area contributed by atoms with Gasteiger partial charge in [0.15, 0.2) is 17.2 Å². The van der Waals surface area contributed by atoms with Gasteiger partial charge in [0.25, 0.3) is 5.69 Å². The molecule has 23 heavy (non-hydrogen) atoms. The summed E-state index contributed by atoms with van der Waals surface area (Å²) in [6.07, 6.45) is 1.21. The van der Waals surface area contributed by atoms with Gasteiger partial charge in [-0.15, -0.1) is 0 Å². The zero-order valence-electron chi connectivity index (χ0n) is 13.0. The van der Waals surface area contributed by atoms with Crippen molar-refractivity contribution >= 4 is 28.4 Å². The number of ketones is 1. The first-order valence-electron chi connectivity index (χ1n) is 6.98. The number of aliphatic imine (C=N–C) groups is 1. The van der Waals surface area contributed by atoms with Crippen molar-refractivity contribution in [3.63, 3.8) is 0 Å². The number of carbonyl (C=O) groups excluding carboxylic acids is 1. The van der Waals surface area contributed by atoms with Gasteiger partial charge in [0, 0.05) is 30.0 Å². The average molecular weight is 335 g/mol. The van der Waals surface area contributed by atoms with Crippen LogP contribution in [0.15, 0.2) is 40.5 Å². The van der Waals surface area contributed by atoms with Crippen LogP contribution in [0.1, 0.15) is 24.2 Å². The van der Waals surface area contributed by atoms with Gasteiger partial charge in [-0.3, -0.25) is 14.9 Å². The highest BCUT2D eigenvalue weighted by Crippen LogP contribution is 2.24. The molecule has 0 saturated carbocycles. The van der Waals surface area contributed by atoms with Gasteiger partial charge in [-0.1, -0.05) is 11.8 Å². The molecule has 0 aromatic heterocycles.